The quantitative estimate of drug-likeness (QED) is 0.152. The first-order chi connectivity index (χ1) is 17.6. The fourth-order valence-corrected chi connectivity index (χ4v) is 4.78. The molecule has 0 N–H and O–H groups in total. The van der Waals surface area contributed by atoms with Gasteiger partial charge in [-0.25, -0.2) is 0 Å². The summed E-state index contributed by atoms with van der Waals surface area (Å²) in [5, 5.41) is 1.03. The zero-order valence-electron chi connectivity index (χ0n) is 22.6. The highest BCUT2D eigenvalue weighted by molar-refractivity contribution is 5.90. The number of nitrogens with zero attached hydrogens (tertiary/aromatic N) is 1. The predicted octanol–water partition coefficient (Wildman–Crippen LogP) is 7.63. The normalized spacial score (nSPS) is 11.1. The van der Waals surface area contributed by atoms with Crippen molar-refractivity contribution in [3.63, 3.8) is 0 Å². The Morgan fingerprint density at radius 3 is 2.36 bits per heavy atom. The summed E-state index contributed by atoms with van der Waals surface area (Å²) in [6.45, 7) is 8.00. The summed E-state index contributed by atoms with van der Waals surface area (Å²) in [7, 11) is 1.66. The summed E-state index contributed by atoms with van der Waals surface area (Å²) in [4.78, 5) is 12.3. The van der Waals surface area contributed by atoms with Crippen LogP contribution >= 0.6 is 0 Å². The average Bonchev–Trinajstić information content (AvgIpc) is 3.13. The van der Waals surface area contributed by atoms with Gasteiger partial charge in [0.05, 0.1) is 26.7 Å². The van der Waals surface area contributed by atoms with Gasteiger partial charge in [-0.2, -0.15) is 0 Å². The van der Waals surface area contributed by atoms with Crippen molar-refractivity contribution in [3.8, 4) is 11.5 Å². The molecule has 0 atom stereocenters. The lowest BCUT2D eigenvalue weighted by Gasteiger charge is -2.12. The van der Waals surface area contributed by atoms with E-state index < -0.39 is 0 Å². The second-order valence-electron chi connectivity index (χ2n) is 9.49. The molecule has 36 heavy (non-hydrogen) atoms. The topological polar surface area (TPSA) is 49.7 Å². The van der Waals surface area contributed by atoms with E-state index in [2.05, 4.69) is 42.7 Å². The summed E-state index contributed by atoms with van der Waals surface area (Å²) in [6, 6.07) is 14.4. The zero-order valence-corrected chi connectivity index (χ0v) is 22.6. The van der Waals surface area contributed by atoms with Crippen molar-refractivity contribution < 1.29 is 19.0 Å². The Hall–Kier alpha value is -2.95. The van der Waals surface area contributed by atoms with E-state index in [4.69, 9.17) is 14.2 Å². The summed E-state index contributed by atoms with van der Waals surface area (Å²) >= 11 is 0. The maximum absolute atomic E-state index is 12.3. The molecule has 2 aromatic carbocycles. The van der Waals surface area contributed by atoms with E-state index in [0.717, 1.165) is 46.7 Å². The van der Waals surface area contributed by atoms with Crippen molar-refractivity contribution in [1.29, 1.82) is 0 Å². The van der Waals surface area contributed by atoms with Gasteiger partial charge in [0.1, 0.15) is 11.5 Å². The van der Waals surface area contributed by atoms with Crippen LogP contribution in [0.3, 0.4) is 0 Å². The molecule has 0 bridgehead atoms. The third-order valence-corrected chi connectivity index (χ3v) is 6.79. The number of methoxy groups -OCH3 is 1. The minimum absolute atomic E-state index is 0.209. The van der Waals surface area contributed by atoms with Crippen LogP contribution in [-0.2, 0) is 22.5 Å². The molecule has 196 valence electrons. The van der Waals surface area contributed by atoms with Gasteiger partial charge in [-0.3, -0.25) is 4.79 Å². The van der Waals surface area contributed by atoms with E-state index in [-0.39, 0.29) is 12.4 Å². The Kier molecular flexibility index (Phi) is 11.2. The number of hydrogen-bond donors (Lipinski definition) is 0. The van der Waals surface area contributed by atoms with Crippen molar-refractivity contribution in [3.05, 3.63) is 59.3 Å². The molecule has 0 saturated carbocycles. The first kappa shape index (κ1) is 27.6. The Morgan fingerprint density at radius 2 is 1.64 bits per heavy atom. The lowest BCUT2D eigenvalue weighted by molar-refractivity contribution is -0.142. The molecule has 5 heteroatoms. The monoisotopic (exact) mass is 493 g/mol. The van der Waals surface area contributed by atoms with Gasteiger partial charge in [-0.1, -0.05) is 64.0 Å². The van der Waals surface area contributed by atoms with Crippen LogP contribution in [0.25, 0.3) is 10.9 Å². The van der Waals surface area contributed by atoms with Crippen LogP contribution < -0.4 is 9.47 Å². The number of fused-ring (bicyclic) bond motifs is 1. The van der Waals surface area contributed by atoms with Gasteiger partial charge in [0, 0.05) is 23.1 Å². The number of hydrogen-bond acceptors (Lipinski definition) is 4. The molecule has 0 radical (unpaired) electrons. The van der Waals surface area contributed by atoms with Gasteiger partial charge in [0.25, 0.3) is 0 Å². The highest BCUT2D eigenvalue weighted by atomic mass is 16.5. The van der Waals surface area contributed by atoms with Crippen molar-refractivity contribution in [2.24, 2.45) is 0 Å². The van der Waals surface area contributed by atoms with Gasteiger partial charge in [0.2, 0.25) is 0 Å². The fourth-order valence-electron chi connectivity index (χ4n) is 4.78. The fraction of sp³-hybridized carbons (Fsp3) is 0.516. The van der Waals surface area contributed by atoms with Gasteiger partial charge in [-0.15, -0.1) is 0 Å². The standard InChI is InChI=1S/C31H43NO4/c1-5-7-8-9-10-11-12-13-19-36-27-16-14-15-25(20-27)23-32-24(3)28(22-31(33)35-6-2)29-21-26(34-4)17-18-30(29)32/h14-18,20-21H,5-13,19,22-23H2,1-4H3. The number of benzene rings is 2. The van der Waals surface area contributed by atoms with Gasteiger partial charge >= 0.3 is 5.97 Å². The average molecular weight is 494 g/mol. The Bertz CT molecular complexity index is 1100. The zero-order chi connectivity index (χ0) is 25.8. The second kappa shape index (κ2) is 14.6. The number of carbonyl (C=O) groups excluding carboxylic acids is 1. The number of esters is 1. The molecule has 0 aliphatic rings. The Balaban J connectivity index is 1.66. The van der Waals surface area contributed by atoms with E-state index in [1.165, 1.54) is 50.5 Å². The molecule has 3 aromatic rings. The second-order valence-corrected chi connectivity index (χ2v) is 9.49. The molecule has 5 nitrogen and oxygen atoms in total. The van der Waals surface area contributed by atoms with Crippen molar-refractivity contribution in [2.45, 2.75) is 85.1 Å². The van der Waals surface area contributed by atoms with E-state index in [9.17, 15) is 4.79 Å². The van der Waals surface area contributed by atoms with Gasteiger partial charge < -0.3 is 18.8 Å². The van der Waals surface area contributed by atoms with Crippen LogP contribution in [0.1, 0.15) is 82.0 Å². The van der Waals surface area contributed by atoms with E-state index >= 15 is 0 Å². The molecule has 1 heterocycles. The maximum atomic E-state index is 12.3. The Labute approximate surface area is 216 Å². The summed E-state index contributed by atoms with van der Waals surface area (Å²) in [5.41, 5.74) is 4.31. The lowest BCUT2D eigenvalue weighted by atomic mass is 10.1. The number of carbonyl (C=O) groups is 1. The largest absolute Gasteiger partial charge is 0.497 e. The lowest BCUT2D eigenvalue weighted by Crippen LogP contribution is -2.09. The number of rotatable bonds is 16. The van der Waals surface area contributed by atoms with Gasteiger partial charge in [-0.05, 0) is 61.7 Å². The number of ether oxygens (including phenoxy) is 3. The molecular weight excluding hydrogens is 450 g/mol. The smallest absolute Gasteiger partial charge is 0.310 e. The van der Waals surface area contributed by atoms with Crippen LogP contribution in [0.2, 0.25) is 0 Å². The highest BCUT2D eigenvalue weighted by Gasteiger charge is 2.18. The molecule has 0 aliphatic carbocycles. The first-order valence-electron chi connectivity index (χ1n) is 13.6. The van der Waals surface area contributed by atoms with Crippen molar-refractivity contribution in [2.75, 3.05) is 20.3 Å². The number of unbranched alkanes of at least 4 members (excludes halogenated alkanes) is 7. The molecule has 0 spiro atoms. The van der Waals surface area contributed by atoms with Gasteiger partial charge in [0.15, 0.2) is 0 Å². The van der Waals surface area contributed by atoms with E-state index in [1.54, 1.807) is 7.11 Å². The summed E-state index contributed by atoms with van der Waals surface area (Å²) in [5.74, 6) is 1.48. The van der Waals surface area contributed by atoms with E-state index in [0.29, 0.717) is 13.2 Å². The minimum Gasteiger partial charge on any atom is -0.497 e. The molecule has 1 aromatic heterocycles. The first-order valence-corrected chi connectivity index (χ1v) is 13.6. The molecule has 0 fully saturated rings. The predicted molar refractivity (Wildman–Crippen MR) is 147 cm³/mol. The van der Waals surface area contributed by atoms with E-state index in [1.807, 2.05) is 25.1 Å². The van der Waals surface area contributed by atoms with Crippen molar-refractivity contribution >= 4 is 16.9 Å². The molecular formula is C31H43NO4. The third-order valence-electron chi connectivity index (χ3n) is 6.79. The molecule has 0 amide bonds. The molecule has 0 aliphatic heterocycles. The molecule has 0 saturated heterocycles. The van der Waals surface area contributed by atoms with Crippen LogP contribution in [-0.4, -0.2) is 30.9 Å². The third kappa shape index (κ3) is 7.78. The number of aromatic nitrogens is 1. The minimum atomic E-state index is -0.209. The van der Waals surface area contributed by atoms with Crippen LogP contribution in [0, 0.1) is 6.92 Å². The summed E-state index contributed by atoms with van der Waals surface area (Å²) in [6.07, 6.45) is 10.6. The highest BCUT2D eigenvalue weighted by Crippen LogP contribution is 2.31. The molecule has 0 unspecified atom stereocenters. The van der Waals surface area contributed by atoms with Crippen LogP contribution in [0.5, 0.6) is 11.5 Å². The maximum Gasteiger partial charge on any atom is 0.310 e. The van der Waals surface area contributed by atoms with Crippen LogP contribution in [0.4, 0.5) is 0 Å². The van der Waals surface area contributed by atoms with Crippen molar-refractivity contribution in [1.82, 2.24) is 4.57 Å². The SMILES string of the molecule is CCCCCCCCCCOc1cccc(Cn2c(C)c(CC(=O)OCC)c3cc(OC)ccc32)c1. The Morgan fingerprint density at radius 1 is 0.889 bits per heavy atom. The summed E-state index contributed by atoms with van der Waals surface area (Å²) < 4.78 is 19.0. The van der Waals surface area contributed by atoms with Crippen LogP contribution in [0.15, 0.2) is 42.5 Å². The molecule has 3 rings (SSSR count).